The zero-order valence-corrected chi connectivity index (χ0v) is 13.5. The molecule has 3 rings (SSSR count). The van der Waals surface area contributed by atoms with Gasteiger partial charge in [-0.15, -0.1) is 0 Å². The summed E-state index contributed by atoms with van der Waals surface area (Å²) >= 11 is 0. The number of carbonyl (C=O) groups excluding carboxylic acids is 1. The van der Waals surface area contributed by atoms with E-state index in [-0.39, 0.29) is 5.52 Å². The normalized spacial score (nSPS) is 10.6. The van der Waals surface area contributed by atoms with Crippen LogP contribution in [0.2, 0.25) is 0 Å². The number of hydrogen-bond donors (Lipinski definition) is 2. The van der Waals surface area contributed by atoms with E-state index in [1.54, 1.807) is 36.4 Å². The fourth-order valence-corrected chi connectivity index (χ4v) is 2.37. The standard InChI is InChI=1S/C17H16N4O4/c1-2-25-12-7-5-11(6-8-12)19-14(22)10-21-16(23)15-13(20-17(21)24)4-3-9-18-15/h3-9H,2,10H2,1H3,(H,19,22)(H,20,24). The Labute approximate surface area is 142 Å². The summed E-state index contributed by atoms with van der Waals surface area (Å²) in [6.07, 6.45) is 1.45. The number of benzene rings is 1. The molecule has 0 unspecified atom stereocenters. The maximum atomic E-state index is 12.3. The number of nitrogens with one attached hydrogen (secondary N) is 2. The number of aromatic nitrogens is 3. The molecule has 0 spiro atoms. The fraction of sp³-hybridized carbons (Fsp3) is 0.176. The zero-order chi connectivity index (χ0) is 17.8. The molecule has 2 aromatic heterocycles. The number of hydrogen-bond acceptors (Lipinski definition) is 5. The molecule has 0 atom stereocenters. The van der Waals surface area contributed by atoms with Crippen molar-refractivity contribution < 1.29 is 9.53 Å². The quantitative estimate of drug-likeness (QED) is 0.724. The van der Waals surface area contributed by atoms with Crippen molar-refractivity contribution in [3.63, 3.8) is 0 Å². The molecule has 128 valence electrons. The molecule has 0 aliphatic heterocycles. The highest BCUT2D eigenvalue weighted by atomic mass is 16.5. The van der Waals surface area contributed by atoms with Crippen LogP contribution < -0.4 is 21.3 Å². The summed E-state index contributed by atoms with van der Waals surface area (Å²) < 4.78 is 6.14. The smallest absolute Gasteiger partial charge is 0.329 e. The first-order chi connectivity index (χ1) is 12.1. The van der Waals surface area contributed by atoms with E-state index in [1.807, 2.05) is 6.92 Å². The Morgan fingerprint density at radius 2 is 2.00 bits per heavy atom. The van der Waals surface area contributed by atoms with Crippen molar-refractivity contribution in [2.75, 3.05) is 11.9 Å². The Hall–Kier alpha value is -3.42. The molecule has 0 aliphatic carbocycles. The minimum Gasteiger partial charge on any atom is -0.494 e. The van der Waals surface area contributed by atoms with E-state index >= 15 is 0 Å². The van der Waals surface area contributed by atoms with Gasteiger partial charge in [-0.25, -0.2) is 14.3 Å². The van der Waals surface area contributed by atoms with Gasteiger partial charge in [0, 0.05) is 11.9 Å². The highest BCUT2D eigenvalue weighted by molar-refractivity contribution is 5.90. The number of ether oxygens (including phenoxy) is 1. The maximum absolute atomic E-state index is 12.3. The molecule has 3 aromatic rings. The van der Waals surface area contributed by atoms with E-state index in [1.165, 1.54) is 6.20 Å². The third kappa shape index (κ3) is 3.57. The van der Waals surface area contributed by atoms with Gasteiger partial charge in [0.1, 0.15) is 12.3 Å². The van der Waals surface area contributed by atoms with Crippen LogP contribution in [0.1, 0.15) is 6.92 Å². The molecule has 1 aromatic carbocycles. The molecule has 2 heterocycles. The van der Waals surface area contributed by atoms with Crippen LogP contribution >= 0.6 is 0 Å². The van der Waals surface area contributed by atoms with Gasteiger partial charge in [0.2, 0.25) is 5.91 Å². The minimum atomic E-state index is -0.660. The van der Waals surface area contributed by atoms with Crippen LogP contribution in [0.25, 0.3) is 11.0 Å². The Bertz CT molecular complexity index is 1020. The number of nitrogens with zero attached hydrogens (tertiary/aromatic N) is 2. The molecule has 8 heteroatoms. The third-order valence-corrected chi connectivity index (χ3v) is 3.49. The van der Waals surface area contributed by atoms with E-state index < -0.39 is 23.7 Å². The molecule has 0 saturated heterocycles. The van der Waals surface area contributed by atoms with E-state index in [9.17, 15) is 14.4 Å². The molecule has 0 saturated carbocycles. The van der Waals surface area contributed by atoms with Crippen molar-refractivity contribution in [1.29, 1.82) is 0 Å². The molecule has 2 N–H and O–H groups in total. The second-order valence-electron chi connectivity index (χ2n) is 5.23. The molecule has 1 amide bonds. The molecule has 0 radical (unpaired) electrons. The van der Waals surface area contributed by atoms with Crippen LogP contribution in [-0.4, -0.2) is 27.0 Å². The van der Waals surface area contributed by atoms with Gasteiger partial charge in [0.25, 0.3) is 5.56 Å². The van der Waals surface area contributed by atoms with E-state index in [2.05, 4.69) is 15.3 Å². The zero-order valence-electron chi connectivity index (χ0n) is 13.5. The van der Waals surface area contributed by atoms with Gasteiger partial charge in [0.15, 0.2) is 5.52 Å². The molecule has 8 nitrogen and oxygen atoms in total. The van der Waals surface area contributed by atoms with Crippen molar-refractivity contribution in [3.8, 4) is 5.75 Å². The maximum Gasteiger partial charge on any atom is 0.329 e. The molecule has 0 fully saturated rings. The lowest BCUT2D eigenvalue weighted by molar-refractivity contribution is -0.116. The molecular formula is C17H16N4O4. The monoisotopic (exact) mass is 340 g/mol. The SMILES string of the molecule is CCOc1ccc(NC(=O)Cn2c(=O)[nH]c3cccnc3c2=O)cc1. The topological polar surface area (TPSA) is 106 Å². The van der Waals surface area contributed by atoms with E-state index in [0.29, 0.717) is 23.6 Å². The minimum absolute atomic E-state index is 0.107. The molecule has 0 bridgehead atoms. The number of fused-ring (bicyclic) bond motifs is 1. The average molecular weight is 340 g/mol. The predicted molar refractivity (Wildman–Crippen MR) is 92.9 cm³/mol. The molecule has 0 aliphatic rings. The first-order valence-corrected chi connectivity index (χ1v) is 7.69. The van der Waals surface area contributed by atoms with Crippen LogP contribution in [0.15, 0.2) is 52.2 Å². The van der Waals surface area contributed by atoms with Crippen LogP contribution in [0.5, 0.6) is 5.75 Å². The second-order valence-corrected chi connectivity index (χ2v) is 5.23. The van der Waals surface area contributed by atoms with Crippen LogP contribution in [0.4, 0.5) is 5.69 Å². The lowest BCUT2D eigenvalue weighted by atomic mass is 10.3. The Morgan fingerprint density at radius 1 is 1.24 bits per heavy atom. The number of anilines is 1. The summed E-state index contributed by atoms with van der Waals surface area (Å²) in [5.41, 5.74) is -0.290. The fourth-order valence-electron chi connectivity index (χ4n) is 2.37. The van der Waals surface area contributed by atoms with Crippen LogP contribution in [0.3, 0.4) is 0 Å². The average Bonchev–Trinajstić information content (AvgIpc) is 2.60. The highest BCUT2D eigenvalue weighted by Gasteiger charge is 2.12. The van der Waals surface area contributed by atoms with E-state index in [0.717, 1.165) is 4.57 Å². The van der Waals surface area contributed by atoms with Crippen molar-refractivity contribution >= 4 is 22.6 Å². The van der Waals surface area contributed by atoms with Gasteiger partial charge < -0.3 is 15.0 Å². The van der Waals surface area contributed by atoms with Gasteiger partial charge in [-0.1, -0.05) is 0 Å². The van der Waals surface area contributed by atoms with E-state index in [4.69, 9.17) is 4.74 Å². The first kappa shape index (κ1) is 16.4. The largest absolute Gasteiger partial charge is 0.494 e. The first-order valence-electron chi connectivity index (χ1n) is 7.69. The van der Waals surface area contributed by atoms with Gasteiger partial charge >= 0.3 is 5.69 Å². The number of carbonyl (C=O) groups is 1. The third-order valence-electron chi connectivity index (χ3n) is 3.49. The summed E-state index contributed by atoms with van der Waals surface area (Å²) in [5, 5.41) is 2.63. The van der Waals surface area contributed by atoms with Gasteiger partial charge in [-0.2, -0.15) is 0 Å². The van der Waals surface area contributed by atoms with Crippen molar-refractivity contribution in [2.45, 2.75) is 13.5 Å². The summed E-state index contributed by atoms with van der Waals surface area (Å²) in [7, 11) is 0. The number of pyridine rings is 1. The summed E-state index contributed by atoms with van der Waals surface area (Å²) in [6, 6.07) is 9.99. The summed E-state index contributed by atoms with van der Waals surface area (Å²) in [5.74, 6) is 0.195. The lowest BCUT2D eigenvalue weighted by Crippen LogP contribution is -2.39. The van der Waals surface area contributed by atoms with Crippen molar-refractivity contribution in [2.24, 2.45) is 0 Å². The number of aromatic amines is 1. The Balaban J connectivity index is 1.80. The second kappa shape index (κ2) is 7.00. The number of amides is 1. The number of rotatable bonds is 5. The van der Waals surface area contributed by atoms with Gasteiger partial charge in [0.05, 0.1) is 12.1 Å². The Morgan fingerprint density at radius 3 is 2.72 bits per heavy atom. The highest BCUT2D eigenvalue weighted by Crippen LogP contribution is 2.15. The predicted octanol–water partition coefficient (Wildman–Crippen LogP) is 1.12. The van der Waals surface area contributed by atoms with Crippen molar-refractivity contribution in [3.05, 3.63) is 63.4 Å². The summed E-state index contributed by atoms with van der Waals surface area (Å²) in [6.45, 7) is 2.02. The summed E-state index contributed by atoms with van der Waals surface area (Å²) in [4.78, 5) is 43.0. The number of H-pyrrole nitrogens is 1. The van der Waals surface area contributed by atoms with Crippen molar-refractivity contribution in [1.82, 2.24) is 14.5 Å². The van der Waals surface area contributed by atoms with Crippen LogP contribution in [-0.2, 0) is 11.3 Å². The molecule has 25 heavy (non-hydrogen) atoms. The van der Waals surface area contributed by atoms with Gasteiger partial charge in [-0.05, 0) is 43.3 Å². The van der Waals surface area contributed by atoms with Gasteiger partial charge in [-0.3, -0.25) is 9.59 Å². The molecular weight excluding hydrogens is 324 g/mol. The lowest BCUT2D eigenvalue weighted by Gasteiger charge is -2.08. The van der Waals surface area contributed by atoms with Crippen LogP contribution in [0, 0.1) is 0 Å². The Kier molecular flexibility index (Phi) is 4.60.